The molecular formula is C11H15F3O3. The first-order valence-corrected chi connectivity index (χ1v) is 5.69. The van der Waals surface area contributed by atoms with Crippen molar-refractivity contribution in [2.75, 3.05) is 13.7 Å². The van der Waals surface area contributed by atoms with Gasteiger partial charge in [-0.25, -0.2) is 0 Å². The van der Waals surface area contributed by atoms with Gasteiger partial charge < -0.3 is 9.47 Å². The zero-order valence-electron chi connectivity index (χ0n) is 9.50. The van der Waals surface area contributed by atoms with Crippen LogP contribution in [0.1, 0.15) is 19.3 Å². The van der Waals surface area contributed by atoms with Crippen LogP contribution in [0, 0.1) is 17.8 Å². The van der Waals surface area contributed by atoms with E-state index in [4.69, 9.17) is 4.74 Å². The molecule has 0 bridgehead atoms. The molecule has 0 aromatic carbocycles. The van der Waals surface area contributed by atoms with Gasteiger partial charge in [0.25, 0.3) is 0 Å². The maximum Gasteiger partial charge on any atom is 0.391 e. The van der Waals surface area contributed by atoms with Gasteiger partial charge in [-0.05, 0) is 19.3 Å². The second kappa shape index (κ2) is 4.48. The highest BCUT2D eigenvalue weighted by Gasteiger charge is 2.52. The van der Waals surface area contributed by atoms with E-state index >= 15 is 0 Å². The van der Waals surface area contributed by atoms with Gasteiger partial charge in [0, 0.05) is 12.5 Å². The summed E-state index contributed by atoms with van der Waals surface area (Å²) in [5.74, 6) is -2.78. The van der Waals surface area contributed by atoms with Gasteiger partial charge in [0.1, 0.15) is 0 Å². The van der Waals surface area contributed by atoms with E-state index in [1.165, 1.54) is 7.11 Å². The van der Waals surface area contributed by atoms with Crippen molar-refractivity contribution in [2.24, 2.45) is 17.8 Å². The van der Waals surface area contributed by atoms with Gasteiger partial charge in [0.15, 0.2) is 0 Å². The number of methoxy groups -OCH3 is 1. The summed E-state index contributed by atoms with van der Waals surface area (Å²) in [6.45, 7) is 0.438. The molecule has 17 heavy (non-hydrogen) atoms. The van der Waals surface area contributed by atoms with E-state index in [2.05, 4.69) is 4.74 Å². The van der Waals surface area contributed by atoms with E-state index in [1.54, 1.807) is 0 Å². The van der Waals surface area contributed by atoms with Crippen LogP contribution in [0.3, 0.4) is 0 Å². The normalized spacial score (nSPS) is 37.6. The van der Waals surface area contributed by atoms with Crippen molar-refractivity contribution in [3.8, 4) is 0 Å². The third-order valence-corrected chi connectivity index (χ3v) is 3.80. The lowest BCUT2D eigenvalue weighted by Gasteiger charge is -2.36. The predicted octanol–water partition coefficient (Wildman–Crippen LogP) is 2.15. The smallest absolute Gasteiger partial charge is 0.391 e. The Kier molecular flexibility index (Phi) is 3.34. The first-order valence-electron chi connectivity index (χ1n) is 5.69. The highest BCUT2D eigenvalue weighted by atomic mass is 19.4. The van der Waals surface area contributed by atoms with Crippen molar-refractivity contribution < 1.29 is 27.4 Å². The second-order valence-electron chi connectivity index (χ2n) is 4.70. The molecular weight excluding hydrogens is 237 g/mol. The summed E-state index contributed by atoms with van der Waals surface area (Å²) in [7, 11) is 1.21. The highest BCUT2D eigenvalue weighted by Crippen LogP contribution is 2.47. The van der Waals surface area contributed by atoms with E-state index in [1.807, 2.05) is 0 Å². The summed E-state index contributed by atoms with van der Waals surface area (Å²) >= 11 is 0. The molecule has 2 fully saturated rings. The van der Waals surface area contributed by atoms with Gasteiger partial charge in [-0.2, -0.15) is 13.2 Å². The molecule has 0 unspecified atom stereocenters. The fourth-order valence-electron chi connectivity index (χ4n) is 2.92. The summed E-state index contributed by atoms with van der Waals surface area (Å²) in [5.41, 5.74) is 0. The van der Waals surface area contributed by atoms with E-state index < -0.39 is 30.1 Å². The molecule has 0 spiro atoms. The number of carbonyl (C=O) groups excluding carboxylic acids is 1. The fraction of sp³-hybridized carbons (Fsp3) is 0.909. The van der Waals surface area contributed by atoms with Crippen LogP contribution >= 0.6 is 0 Å². The van der Waals surface area contributed by atoms with E-state index in [9.17, 15) is 18.0 Å². The highest BCUT2D eigenvalue weighted by molar-refractivity contribution is 5.73. The third kappa shape index (κ3) is 2.41. The van der Waals surface area contributed by atoms with Crippen LogP contribution in [-0.2, 0) is 14.3 Å². The molecule has 1 aliphatic heterocycles. The number of ether oxygens (including phenoxy) is 2. The minimum Gasteiger partial charge on any atom is -0.469 e. The molecule has 2 rings (SSSR count). The lowest BCUT2D eigenvalue weighted by Crippen LogP contribution is -2.42. The Morgan fingerprint density at radius 2 is 2.06 bits per heavy atom. The number of carbonyl (C=O) groups is 1. The Bertz CT molecular complexity index is 303. The van der Waals surface area contributed by atoms with Gasteiger partial charge >= 0.3 is 12.1 Å². The van der Waals surface area contributed by atoms with Gasteiger partial charge in [-0.1, -0.05) is 0 Å². The van der Waals surface area contributed by atoms with Gasteiger partial charge in [0.05, 0.1) is 25.0 Å². The molecule has 6 heteroatoms. The van der Waals surface area contributed by atoms with Crippen LogP contribution < -0.4 is 0 Å². The molecule has 1 saturated heterocycles. The van der Waals surface area contributed by atoms with Gasteiger partial charge in [0.2, 0.25) is 0 Å². The van der Waals surface area contributed by atoms with Gasteiger partial charge in [-0.15, -0.1) is 0 Å². The molecule has 0 N–H and O–H groups in total. The Morgan fingerprint density at radius 3 is 2.65 bits per heavy atom. The quantitative estimate of drug-likeness (QED) is 0.671. The molecule has 0 aromatic rings. The Balaban J connectivity index is 2.16. The maximum atomic E-state index is 12.7. The van der Waals surface area contributed by atoms with Crippen LogP contribution in [0.2, 0.25) is 0 Å². The molecule has 3 nitrogen and oxygen atoms in total. The predicted molar refractivity (Wildman–Crippen MR) is 52.1 cm³/mol. The molecule has 4 atom stereocenters. The Labute approximate surface area is 97.3 Å². The Morgan fingerprint density at radius 1 is 1.35 bits per heavy atom. The molecule has 0 radical (unpaired) electrons. The SMILES string of the molecule is COC(=O)[C@@H]1C[C@@H](C(F)(F)F)C[C@@H]2OCC[C@@H]21. The lowest BCUT2D eigenvalue weighted by atomic mass is 9.72. The summed E-state index contributed by atoms with van der Waals surface area (Å²) in [6.07, 6.45) is -4.25. The second-order valence-corrected chi connectivity index (χ2v) is 4.70. The zero-order chi connectivity index (χ0) is 12.6. The minimum absolute atomic E-state index is 0.0261. The molecule has 0 aromatic heterocycles. The zero-order valence-corrected chi connectivity index (χ0v) is 9.50. The van der Waals surface area contributed by atoms with E-state index in [-0.39, 0.29) is 18.8 Å². The molecule has 1 aliphatic carbocycles. The number of hydrogen-bond acceptors (Lipinski definition) is 3. The van der Waals surface area contributed by atoms with E-state index in [0.717, 1.165) is 0 Å². The average Bonchev–Trinajstić information content (AvgIpc) is 2.73. The monoisotopic (exact) mass is 252 g/mol. The van der Waals surface area contributed by atoms with Crippen molar-refractivity contribution in [2.45, 2.75) is 31.5 Å². The van der Waals surface area contributed by atoms with Crippen molar-refractivity contribution in [1.29, 1.82) is 0 Å². The van der Waals surface area contributed by atoms with Gasteiger partial charge in [-0.3, -0.25) is 4.79 Å². The van der Waals surface area contributed by atoms with Crippen LogP contribution in [0.25, 0.3) is 0 Å². The van der Waals surface area contributed by atoms with Crippen molar-refractivity contribution in [1.82, 2.24) is 0 Å². The lowest BCUT2D eigenvalue weighted by molar-refractivity contribution is -0.201. The van der Waals surface area contributed by atoms with Crippen molar-refractivity contribution >= 4 is 5.97 Å². The summed E-state index contributed by atoms with van der Waals surface area (Å²) in [6, 6.07) is 0. The number of hydrogen-bond donors (Lipinski definition) is 0. The third-order valence-electron chi connectivity index (χ3n) is 3.80. The summed E-state index contributed by atoms with van der Waals surface area (Å²) in [5, 5.41) is 0. The van der Waals surface area contributed by atoms with E-state index in [0.29, 0.717) is 13.0 Å². The largest absolute Gasteiger partial charge is 0.469 e. The number of alkyl halides is 3. The summed E-state index contributed by atoms with van der Waals surface area (Å²) < 4.78 is 48.1. The first-order chi connectivity index (χ1) is 7.93. The number of fused-ring (bicyclic) bond motifs is 1. The number of halogens is 3. The van der Waals surface area contributed by atoms with Crippen LogP contribution in [0.4, 0.5) is 13.2 Å². The average molecular weight is 252 g/mol. The first kappa shape index (κ1) is 12.7. The van der Waals surface area contributed by atoms with Crippen molar-refractivity contribution in [3.63, 3.8) is 0 Å². The molecule has 1 saturated carbocycles. The summed E-state index contributed by atoms with van der Waals surface area (Å²) in [4.78, 5) is 11.5. The van der Waals surface area contributed by atoms with Crippen molar-refractivity contribution in [3.05, 3.63) is 0 Å². The topological polar surface area (TPSA) is 35.5 Å². The molecule has 0 amide bonds. The van der Waals surface area contributed by atoms with Crippen LogP contribution in [-0.4, -0.2) is 32.0 Å². The Hall–Kier alpha value is -0.780. The maximum absolute atomic E-state index is 12.7. The minimum atomic E-state index is -4.26. The molecule has 98 valence electrons. The molecule has 1 heterocycles. The fourth-order valence-corrected chi connectivity index (χ4v) is 2.92. The number of rotatable bonds is 1. The van der Waals surface area contributed by atoms with Crippen LogP contribution in [0.5, 0.6) is 0 Å². The number of esters is 1. The van der Waals surface area contributed by atoms with Crippen LogP contribution in [0.15, 0.2) is 0 Å². The molecule has 2 aliphatic rings. The standard InChI is InChI=1S/C11H15F3O3/c1-16-10(15)8-4-6(11(12,13)14)5-9-7(8)2-3-17-9/h6-9H,2-5H2,1H3/t6-,7-,8-,9+/m1/s1.